The molecule has 25 heavy (non-hydrogen) atoms. The number of rotatable bonds is 6. The van der Waals surface area contributed by atoms with Crippen molar-refractivity contribution in [1.82, 2.24) is 0 Å². The van der Waals surface area contributed by atoms with Gasteiger partial charge in [-0.2, -0.15) is 0 Å². The molecule has 0 aromatic heterocycles. The van der Waals surface area contributed by atoms with Gasteiger partial charge < -0.3 is 14.4 Å². The molecule has 1 heterocycles. The molecule has 0 saturated carbocycles. The van der Waals surface area contributed by atoms with Crippen LogP contribution in [-0.4, -0.2) is 25.9 Å². The fraction of sp³-hybridized carbons (Fsp3) is 0.222. The van der Waals surface area contributed by atoms with Gasteiger partial charge in [0.25, 0.3) is 0 Å². The van der Waals surface area contributed by atoms with Gasteiger partial charge in [0.05, 0.1) is 5.56 Å². The van der Waals surface area contributed by atoms with E-state index < -0.39 is 13.9 Å². The standard InChI is InChI=1S/C18H19O6P/c1-21-25(20,22-2)24-18-14-10-6-7-11-16(14)23-12-15(18)17(19)13-8-4-3-5-9-13/h3-11,17,19H,12H2,1-2H3. The van der Waals surface area contributed by atoms with E-state index >= 15 is 0 Å². The number of aliphatic hydroxyl groups excluding tert-OH is 1. The van der Waals surface area contributed by atoms with E-state index in [-0.39, 0.29) is 12.4 Å². The summed E-state index contributed by atoms with van der Waals surface area (Å²) in [5.41, 5.74) is 1.69. The Morgan fingerprint density at radius 2 is 1.68 bits per heavy atom. The van der Waals surface area contributed by atoms with Crippen LogP contribution in [0.5, 0.6) is 5.75 Å². The number of phosphoric ester groups is 1. The largest absolute Gasteiger partial charge is 0.529 e. The molecule has 7 heteroatoms. The molecule has 1 aliphatic rings. The Hall–Kier alpha value is -2.11. The molecule has 0 amide bonds. The summed E-state index contributed by atoms with van der Waals surface area (Å²) in [7, 11) is -1.32. The highest BCUT2D eigenvalue weighted by molar-refractivity contribution is 7.48. The lowest BCUT2D eigenvalue weighted by Crippen LogP contribution is -2.18. The Bertz CT molecular complexity index is 809. The first-order chi connectivity index (χ1) is 12.1. The third-order valence-corrected chi connectivity index (χ3v) is 5.20. The molecule has 0 fully saturated rings. The second-order valence-electron chi connectivity index (χ2n) is 5.36. The van der Waals surface area contributed by atoms with Gasteiger partial charge in [-0.1, -0.05) is 42.5 Å². The summed E-state index contributed by atoms with van der Waals surface area (Å²) in [6.07, 6.45) is -0.980. The first-order valence-corrected chi connectivity index (χ1v) is 9.13. The van der Waals surface area contributed by atoms with Crippen LogP contribution >= 0.6 is 7.82 Å². The zero-order valence-electron chi connectivity index (χ0n) is 13.9. The van der Waals surface area contributed by atoms with Gasteiger partial charge in [0.2, 0.25) is 0 Å². The van der Waals surface area contributed by atoms with E-state index in [0.717, 1.165) is 0 Å². The van der Waals surface area contributed by atoms with Gasteiger partial charge in [-0.3, -0.25) is 9.05 Å². The maximum atomic E-state index is 12.5. The smallest absolute Gasteiger partial charge is 0.488 e. The zero-order valence-corrected chi connectivity index (χ0v) is 14.8. The Morgan fingerprint density at radius 3 is 2.36 bits per heavy atom. The Balaban J connectivity index is 2.11. The second-order valence-corrected chi connectivity index (χ2v) is 7.16. The van der Waals surface area contributed by atoms with Crippen molar-refractivity contribution < 1.29 is 28.0 Å². The third-order valence-electron chi connectivity index (χ3n) is 3.90. The first-order valence-electron chi connectivity index (χ1n) is 7.67. The van der Waals surface area contributed by atoms with E-state index in [9.17, 15) is 9.67 Å². The highest BCUT2D eigenvalue weighted by Gasteiger charge is 2.34. The summed E-state index contributed by atoms with van der Waals surface area (Å²) in [6, 6.07) is 16.3. The van der Waals surface area contributed by atoms with Gasteiger partial charge in [0.1, 0.15) is 24.2 Å². The van der Waals surface area contributed by atoms with E-state index in [0.29, 0.717) is 22.4 Å². The lowest BCUT2D eigenvalue weighted by atomic mass is 9.96. The van der Waals surface area contributed by atoms with E-state index in [1.54, 1.807) is 30.3 Å². The third kappa shape index (κ3) is 3.62. The summed E-state index contributed by atoms with van der Waals surface area (Å²) in [4.78, 5) is 0. The minimum atomic E-state index is -3.80. The Labute approximate surface area is 146 Å². The molecule has 1 atom stereocenters. The molecule has 0 bridgehead atoms. The summed E-state index contributed by atoms with van der Waals surface area (Å²) in [5, 5.41) is 10.8. The highest BCUT2D eigenvalue weighted by atomic mass is 31.2. The number of hydrogen-bond acceptors (Lipinski definition) is 6. The number of ether oxygens (including phenoxy) is 1. The number of fused-ring (bicyclic) bond motifs is 1. The van der Waals surface area contributed by atoms with Crippen LogP contribution in [0.25, 0.3) is 5.76 Å². The number of aliphatic hydroxyl groups is 1. The average molecular weight is 362 g/mol. The molecular weight excluding hydrogens is 343 g/mol. The normalized spacial score (nSPS) is 15.3. The zero-order chi connectivity index (χ0) is 17.9. The molecule has 0 spiro atoms. The van der Waals surface area contributed by atoms with Crippen molar-refractivity contribution in [2.24, 2.45) is 0 Å². The maximum absolute atomic E-state index is 12.5. The predicted molar refractivity (Wildman–Crippen MR) is 93.0 cm³/mol. The Morgan fingerprint density at radius 1 is 1.04 bits per heavy atom. The summed E-state index contributed by atoms with van der Waals surface area (Å²) in [5.74, 6) is 0.811. The average Bonchev–Trinajstić information content (AvgIpc) is 2.68. The van der Waals surface area contributed by atoms with Crippen LogP contribution in [-0.2, 0) is 18.1 Å². The molecule has 2 aromatic rings. The fourth-order valence-corrected chi connectivity index (χ4v) is 3.32. The van der Waals surface area contributed by atoms with Crippen molar-refractivity contribution >= 4 is 13.6 Å². The summed E-state index contributed by atoms with van der Waals surface area (Å²) in [6.45, 7) is 0.0931. The van der Waals surface area contributed by atoms with Crippen molar-refractivity contribution in [1.29, 1.82) is 0 Å². The van der Waals surface area contributed by atoms with Gasteiger partial charge in [0, 0.05) is 19.8 Å². The van der Waals surface area contributed by atoms with Crippen LogP contribution in [0.2, 0.25) is 0 Å². The predicted octanol–water partition coefficient (Wildman–Crippen LogP) is 3.94. The van der Waals surface area contributed by atoms with Crippen LogP contribution in [0.15, 0.2) is 60.2 Å². The van der Waals surface area contributed by atoms with Crippen molar-refractivity contribution in [2.75, 3.05) is 20.8 Å². The van der Waals surface area contributed by atoms with Crippen molar-refractivity contribution in [3.8, 4) is 5.75 Å². The van der Waals surface area contributed by atoms with Crippen LogP contribution < -0.4 is 4.74 Å². The van der Waals surface area contributed by atoms with Crippen molar-refractivity contribution in [2.45, 2.75) is 6.10 Å². The van der Waals surface area contributed by atoms with Crippen molar-refractivity contribution in [3.05, 3.63) is 71.3 Å². The maximum Gasteiger partial charge on any atom is 0.529 e. The van der Waals surface area contributed by atoms with Crippen LogP contribution in [0.1, 0.15) is 17.2 Å². The van der Waals surface area contributed by atoms with Crippen LogP contribution in [0, 0.1) is 0 Å². The molecule has 6 nitrogen and oxygen atoms in total. The van der Waals surface area contributed by atoms with E-state index in [1.165, 1.54) is 14.2 Å². The van der Waals surface area contributed by atoms with Gasteiger partial charge >= 0.3 is 7.82 Å². The molecule has 132 valence electrons. The number of phosphoric acid groups is 1. The summed E-state index contributed by atoms with van der Waals surface area (Å²) >= 11 is 0. The fourth-order valence-electron chi connectivity index (χ4n) is 2.58. The first kappa shape index (κ1) is 17.7. The number of hydrogen-bond donors (Lipinski definition) is 1. The molecule has 1 unspecified atom stereocenters. The topological polar surface area (TPSA) is 74.2 Å². The van der Waals surface area contributed by atoms with Crippen LogP contribution in [0.3, 0.4) is 0 Å². The number of benzene rings is 2. The second kappa shape index (κ2) is 7.42. The lowest BCUT2D eigenvalue weighted by molar-refractivity contribution is 0.177. The molecule has 1 aliphatic heterocycles. The Kier molecular flexibility index (Phi) is 5.25. The van der Waals surface area contributed by atoms with Gasteiger partial charge in [-0.25, -0.2) is 4.57 Å². The monoisotopic (exact) mass is 362 g/mol. The van der Waals surface area contributed by atoms with Gasteiger partial charge in [0.15, 0.2) is 0 Å². The molecule has 1 N–H and O–H groups in total. The lowest BCUT2D eigenvalue weighted by Gasteiger charge is -2.28. The SMILES string of the molecule is COP(=O)(OC)OC1=C(C(O)c2ccccc2)COc2ccccc21. The minimum absolute atomic E-state index is 0.0931. The quantitative estimate of drug-likeness (QED) is 0.785. The highest BCUT2D eigenvalue weighted by Crippen LogP contribution is 2.54. The molecule has 0 aliphatic carbocycles. The molecular formula is C18H19O6P. The van der Waals surface area contributed by atoms with E-state index in [4.69, 9.17) is 18.3 Å². The number of para-hydroxylation sites is 1. The van der Waals surface area contributed by atoms with E-state index in [2.05, 4.69) is 0 Å². The summed E-state index contributed by atoms with van der Waals surface area (Å²) < 4.78 is 33.6. The minimum Gasteiger partial charge on any atom is -0.488 e. The van der Waals surface area contributed by atoms with Crippen LogP contribution in [0.4, 0.5) is 0 Å². The molecule has 2 aromatic carbocycles. The van der Waals surface area contributed by atoms with Gasteiger partial charge in [-0.05, 0) is 17.7 Å². The van der Waals surface area contributed by atoms with Crippen molar-refractivity contribution in [3.63, 3.8) is 0 Å². The van der Waals surface area contributed by atoms with Gasteiger partial charge in [-0.15, -0.1) is 0 Å². The molecule has 0 radical (unpaired) electrons. The molecule has 3 rings (SSSR count). The van der Waals surface area contributed by atoms with E-state index in [1.807, 2.05) is 24.3 Å². The molecule has 0 saturated heterocycles.